The van der Waals surface area contributed by atoms with E-state index in [4.69, 9.17) is 5.11 Å². The predicted molar refractivity (Wildman–Crippen MR) is 60.3 cm³/mol. The Kier molecular flexibility index (Phi) is 4.14. The summed E-state index contributed by atoms with van der Waals surface area (Å²) in [6.07, 6.45) is 1.95. The summed E-state index contributed by atoms with van der Waals surface area (Å²) in [6.45, 7) is 1.82. The van der Waals surface area contributed by atoms with Crippen molar-refractivity contribution in [1.29, 1.82) is 0 Å². The molecule has 76 valence electrons. The minimum Gasteiger partial charge on any atom is -0.478 e. The first-order chi connectivity index (χ1) is 6.65. The SMILES string of the molecule is Cc1ccc(CCCBr)cc1C(=O)O. The Balaban J connectivity index is 2.89. The van der Waals surface area contributed by atoms with E-state index in [-0.39, 0.29) is 0 Å². The van der Waals surface area contributed by atoms with Crippen LogP contribution in [0.1, 0.15) is 27.9 Å². The average Bonchev–Trinajstić information content (AvgIpc) is 2.16. The van der Waals surface area contributed by atoms with Crippen molar-refractivity contribution in [2.45, 2.75) is 19.8 Å². The summed E-state index contributed by atoms with van der Waals surface area (Å²) in [6, 6.07) is 5.62. The second-order valence-corrected chi connectivity index (χ2v) is 4.04. The van der Waals surface area contributed by atoms with Crippen LogP contribution in [-0.4, -0.2) is 16.4 Å². The van der Waals surface area contributed by atoms with Crippen molar-refractivity contribution in [2.24, 2.45) is 0 Å². The first-order valence-electron chi connectivity index (χ1n) is 4.54. The van der Waals surface area contributed by atoms with Gasteiger partial charge in [-0.05, 0) is 37.0 Å². The maximum Gasteiger partial charge on any atom is 0.335 e. The Labute approximate surface area is 92.1 Å². The number of aryl methyl sites for hydroxylation is 2. The van der Waals surface area contributed by atoms with Crippen molar-refractivity contribution < 1.29 is 9.90 Å². The molecule has 14 heavy (non-hydrogen) atoms. The third-order valence-corrected chi connectivity index (χ3v) is 2.69. The minimum absolute atomic E-state index is 0.414. The van der Waals surface area contributed by atoms with Crippen molar-refractivity contribution in [1.82, 2.24) is 0 Å². The highest BCUT2D eigenvalue weighted by Crippen LogP contribution is 2.13. The highest BCUT2D eigenvalue weighted by atomic mass is 79.9. The standard InChI is InChI=1S/C11H13BrO2/c1-8-4-5-9(3-2-6-12)7-10(8)11(13)14/h4-5,7H,2-3,6H2,1H3,(H,13,14). The molecule has 0 saturated carbocycles. The number of benzene rings is 1. The van der Waals surface area contributed by atoms with Gasteiger partial charge in [-0.1, -0.05) is 28.1 Å². The van der Waals surface area contributed by atoms with Crippen LogP contribution in [0.4, 0.5) is 0 Å². The molecule has 1 N–H and O–H groups in total. The van der Waals surface area contributed by atoms with Gasteiger partial charge in [-0.25, -0.2) is 4.79 Å². The largest absolute Gasteiger partial charge is 0.478 e. The van der Waals surface area contributed by atoms with Gasteiger partial charge in [0.1, 0.15) is 0 Å². The number of carboxylic acid groups (broad SMARTS) is 1. The molecular formula is C11H13BrO2. The van der Waals surface area contributed by atoms with E-state index in [2.05, 4.69) is 15.9 Å². The molecule has 0 spiro atoms. The molecule has 0 bridgehead atoms. The molecule has 3 heteroatoms. The fraction of sp³-hybridized carbons (Fsp3) is 0.364. The molecule has 0 aliphatic rings. The van der Waals surface area contributed by atoms with Gasteiger partial charge in [-0.15, -0.1) is 0 Å². The van der Waals surface area contributed by atoms with Crippen LogP contribution in [0.15, 0.2) is 18.2 Å². The van der Waals surface area contributed by atoms with E-state index in [9.17, 15) is 4.79 Å². The van der Waals surface area contributed by atoms with Crippen LogP contribution in [0, 0.1) is 6.92 Å². The molecule has 0 radical (unpaired) electrons. The van der Waals surface area contributed by atoms with E-state index in [1.807, 2.05) is 19.1 Å². The van der Waals surface area contributed by atoms with Gasteiger partial charge in [-0.3, -0.25) is 0 Å². The van der Waals surface area contributed by atoms with Gasteiger partial charge in [-0.2, -0.15) is 0 Å². The summed E-state index contributed by atoms with van der Waals surface area (Å²) in [7, 11) is 0. The van der Waals surface area contributed by atoms with Gasteiger partial charge in [0.05, 0.1) is 5.56 Å². The lowest BCUT2D eigenvalue weighted by atomic mass is 10.0. The number of alkyl halides is 1. The Hall–Kier alpha value is -0.830. The van der Waals surface area contributed by atoms with Crippen LogP contribution in [0.2, 0.25) is 0 Å². The fourth-order valence-electron chi connectivity index (χ4n) is 1.33. The van der Waals surface area contributed by atoms with E-state index in [0.29, 0.717) is 5.56 Å². The first kappa shape index (κ1) is 11.2. The molecule has 1 rings (SSSR count). The number of hydrogen-bond acceptors (Lipinski definition) is 1. The third-order valence-electron chi connectivity index (χ3n) is 2.13. The van der Waals surface area contributed by atoms with Crippen LogP contribution < -0.4 is 0 Å². The summed E-state index contributed by atoms with van der Waals surface area (Å²) in [4.78, 5) is 10.8. The third kappa shape index (κ3) is 2.84. The summed E-state index contributed by atoms with van der Waals surface area (Å²) >= 11 is 3.35. The van der Waals surface area contributed by atoms with Gasteiger partial charge in [0.2, 0.25) is 0 Å². The Morgan fingerprint density at radius 2 is 2.21 bits per heavy atom. The first-order valence-corrected chi connectivity index (χ1v) is 5.66. The zero-order valence-corrected chi connectivity index (χ0v) is 9.67. The number of carbonyl (C=O) groups is 1. The van der Waals surface area contributed by atoms with Gasteiger partial charge in [0.15, 0.2) is 0 Å². The summed E-state index contributed by atoms with van der Waals surface area (Å²) in [5.41, 5.74) is 2.32. The summed E-state index contributed by atoms with van der Waals surface area (Å²) in [5, 5.41) is 9.85. The Bertz CT molecular complexity index is 334. The van der Waals surface area contributed by atoms with E-state index < -0.39 is 5.97 Å². The van der Waals surface area contributed by atoms with Crippen LogP contribution in [0.5, 0.6) is 0 Å². The topological polar surface area (TPSA) is 37.3 Å². The molecule has 0 saturated heterocycles. The fourth-order valence-corrected chi connectivity index (χ4v) is 1.61. The van der Waals surface area contributed by atoms with Crippen molar-refractivity contribution in [2.75, 3.05) is 5.33 Å². The lowest BCUT2D eigenvalue weighted by Crippen LogP contribution is -2.01. The van der Waals surface area contributed by atoms with E-state index in [1.165, 1.54) is 0 Å². The maximum absolute atomic E-state index is 10.8. The summed E-state index contributed by atoms with van der Waals surface area (Å²) < 4.78 is 0. The second-order valence-electron chi connectivity index (χ2n) is 3.25. The van der Waals surface area contributed by atoms with Crippen molar-refractivity contribution in [3.05, 3.63) is 34.9 Å². The summed E-state index contributed by atoms with van der Waals surface area (Å²) in [5.74, 6) is -0.844. The maximum atomic E-state index is 10.8. The molecule has 0 aromatic heterocycles. The molecule has 1 aromatic rings. The zero-order chi connectivity index (χ0) is 10.6. The molecule has 0 unspecified atom stereocenters. The highest BCUT2D eigenvalue weighted by molar-refractivity contribution is 9.09. The molecule has 2 nitrogen and oxygen atoms in total. The van der Waals surface area contributed by atoms with E-state index >= 15 is 0 Å². The van der Waals surface area contributed by atoms with Crippen molar-refractivity contribution in [3.63, 3.8) is 0 Å². The Morgan fingerprint density at radius 3 is 2.79 bits per heavy atom. The molecule has 0 aliphatic heterocycles. The average molecular weight is 257 g/mol. The van der Waals surface area contributed by atoms with Crippen molar-refractivity contribution in [3.8, 4) is 0 Å². The monoisotopic (exact) mass is 256 g/mol. The number of aromatic carboxylic acids is 1. The molecule has 0 fully saturated rings. The number of rotatable bonds is 4. The molecule has 0 amide bonds. The Morgan fingerprint density at radius 1 is 1.50 bits per heavy atom. The smallest absolute Gasteiger partial charge is 0.335 e. The number of halogens is 1. The molecule has 0 atom stereocenters. The van der Waals surface area contributed by atoms with Gasteiger partial charge >= 0.3 is 5.97 Å². The second kappa shape index (κ2) is 5.15. The molecule has 0 heterocycles. The lowest BCUT2D eigenvalue weighted by molar-refractivity contribution is 0.0696. The molecule has 0 aliphatic carbocycles. The molecular weight excluding hydrogens is 244 g/mol. The van der Waals surface area contributed by atoms with Gasteiger partial charge in [0.25, 0.3) is 0 Å². The van der Waals surface area contributed by atoms with Crippen LogP contribution >= 0.6 is 15.9 Å². The van der Waals surface area contributed by atoms with E-state index in [0.717, 1.165) is 29.3 Å². The lowest BCUT2D eigenvalue weighted by Gasteiger charge is -2.04. The number of hydrogen-bond donors (Lipinski definition) is 1. The van der Waals surface area contributed by atoms with Crippen LogP contribution in [0.3, 0.4) is 0 Å². The number of carboxylic acids is 1. The van der Waals surface area contributed by atoms with E-state index in [1.54, 1.807) is 6.07 Å². The predicted octanol–water partition coefficient (Wildman–Crippen LogP) is 3.02. The normalized spacial score (nSPS) is 10.1. The van der Waals surface area contributed by atoms with Gasteiger partial charge < -0.3 is 5.11 Å². The molecule has 1 aromatic carbocycles. The van der Waals surface area contributed by atoms with Crippen LogP contribution in [0.25, 0.3) is 0 Å². The highest BCUT2D eigenvalue weighted by Gasteiger charge is 2.07. The van der Waals surface area contributed by atoms with Crippen LogP contribution in [-0.2, 0) is 6.42 Å². The van der Waals surface area contributed by atoms with Crippen molar-refractivity contribution >= 4 is 21.9 Å². The minimum atomic E-state index is -0.844. The zero-order valence-electron chi connectivity index (χ0n) is 8.09. The van der Waals surface area contributed by atoms with Gasteiger partial charge in [0, 0.05) is 5.33 Å². The quantitative estimate of drug-likeness (QED) is 0.842.